The Morgan fingerprint density at radius 1 is 0.886 bits per heavy atom. The van der Waals surface area contributed by atoms with Gasteiger partial charge in [-0.15, -0.1) is 0 Å². The molecule has 11 heteroatoms. The van der Waals surface area contributed by atoms with Gasteiger partial charge in [-0.05, 0) is 67.7 Å². The Morgan fingerprint density at radius 2 is 1.57 bits per heavy atom. The number of alkyl carbamates (subject to hydrolysis) is 1. The van der Waals surface area contributed by atoms with E-state index in [9.17, 15) is 24.3 Å². The van der Waals surface area contributed by atoms with Crippen LogP contribution in [0.4, 0.5) is 4.79 Å². The molecule has 0 aliphatic heterocycles. The Labute approximate surface area is 259 Å². The number of benzene rings is 2. The van der Waals surface area contributed by atoms with Crippen LogP contribution in [-0.2, 0) is 32.1 Å². The van der Waals surface area contributed by atoms with Gasteiger partial charge in [0, 0.05) is 20.0 Å². The first kappa shape index (κ1) is 34.4. The Hall–Kier alpha value is -4.12. The van der Waals surface area contributed by atoms with E-state index in [1.807, 2.05) is 68.4 Å². The molecule has 0 heterocycles. The summed E-state index contributed by atoms with van der Waals surface area (Å²) in [6, 6.07) is 13.8. The highest BCUT2D eigenvalue weighted by atomic mass is 16.5. The van der Waals surface area contributed by atoms with Crippen LogP contribution in [0.25, 0.3) is 0 Å². The quantitative estimate of drug-likeness (QED) is 0.182. The molecule has 3 atom stereocenters. The highest BCUT2D eigenvalue weighted by Crippen LogP contribution is 2.24. The van der Waals surface area contributed by atoms with Crippen molar-refractivity contribution in [3.8, 4) is 5.75 Å². The number of aliphatic carboxylic acids is 1. The van der Waals surface area contributed by atoms with Crippen molar-refractivity contribution in [2.75, 3.05) is 13.6 Å². The fourth-order valence-electron chi connectivity index (χ4n) is 5.13. The van der Waals surface area contributed by atoms with Gasteiger partial charge in [0.15, 0.2) is 0 Å². The molecule has 1 aliphatic rings. The summed E-state index contributed by atoms with van der Waals surface area (Å²) in [5.41, 5.74) is 1.68. The minimum Gasteiger partial charge on any atom is -0.490 e. The monoisotopic (exact) mass is 610 g/mol. The number of likely N-dealkylation sites (N-methyl/N-ethyl adjacent to an activating group) is 1. The first-order valence-electron chi connectivity index (χ1n) is 15.4. The number of hydrogen-bond donors (Lipinski definition) is 5. The van der Waals surface area contributed by atoms with E-state index in [0.717, 1.165) is 29.7 Å². The molecule has 44 heavy (non-hydrogen) atoms. The standard InChI is InChI=1S/C33H46N4O7/c1-22(2)19-28(36-27(32(40)41)17-18-35-33(42)43-21-24-9-5-4-6-10-24)31(39)37-29(30(38)34-3)20-23-13-15-26(16-14-23)44-25-11-7-8-12-25/h4-6,9-10,13-16,22,25,27-29,36H,7-8,11-12,17-21H2,1-3H3,(H,34,38)(H,35,42)(H,37,39)(H,40,41)/t27-,28+,29+/m1/s1. The Kier molecular flexibility index (Phi) is 14.0. The fraction of sp³-hybridized carbons (Fsp3) is 0.515. The van der Waals surface area contributed by atoms with Crippen molar-refractivity contribution in [3.63, 3.8) is 0 Å². The predicted octanol–water partition coefficient (Wildman–Crippen LogP) is 3.56. The summed E-state index contributed by atoms with van der Waals surface area (Å²) in [6.45, 7) is 3.96. The number of carbonyl (C=O) groups excluding carboxylic acids is 3. The molecule has 11 nitrogen and oxygen atoms in total. The van der Waals surface area contributed by atoms with Gasteiger partial charge in [-0.25, -0.2) is 4.79 Å². The van der Waals surface area contributed by atoms with Crippen molar-refractivity contribution in [3.05, 3.63) is 65.7 Å². The first-order valence-corrected chi connectivity index (χ1v) is 15.4. The van der Waals surface area contributed by atoms with Crippen molar-refractivity contribution >= 4 is 23.9 Å². The summed E-state index contributed by atoms with van der Waals surface area (Å²) in [7, 11) is 1.50. The molecular weight excluding hydrogens is 564 g/mol. The van der Waals surface area contributed by atoms with Crippen LogP contribution in [0.2, 0.25) is 0 Å². The van der Waals surface area contributed by atoms with Gasteiger partial charge in [-0.2, -0.15) is 0 Å². The molecular formula is C33H46N4O7. The highest BCUT2D eigenvalue weighted by Gasteiger charge is 2.30. The number of rotatable bonds is 17. The maximum Gasteiger partial charge on any atom is 0.407 e. The topological polar surface area (TPSA) is 155 Å². The third-order valence-electron chi connectivity index (χ3n) is 7.49. The Morgan fingerprint density at radius 3 is 2.18 bits per heavy atom. The number of ether oxygens (including phenoxy) is 2. The van der Waals surface area contributed by atoms with Gasteiger partial charge in [0.2, 0.25) is 11.8 Å². The lowest BCUT2D eigenvalue weighted by Crippen LogP contribution is -2.56. The first-order chi connectivity index (χ1) is 21.1. The van der Waals surface area contributed by atoms with Gasteiger partial charge in [0.25, 0.3) is 0 Å². The van der Waals surface area contributed by atoms with Crippen LogP contribution in [0.1, 0.15) is 63.5 Å². The lowest BCUT2D eigenvalue weighted by Gasteiger charge is -2.26. The van der Waals surface area contributed by atoms with Crippen LogP contribution < -0.4 is 26.0 Å². The molecule has 0 aromatic heterocycles. The zero-order valence-electron chi connectivity index (χ0n) is 25.8. The second-order valence-corrected chi connectivity index (χ2v) is 11.6. The predicted molar refractivity (Wildman–Crippen MR) is 166 cm³/mol. The summed E-state index contributed by atoms with van der Waals surface area (Å²) < 4.78 is 11.2. The van der Waals surface area contributed by atoms with E-state index in [1.54, 1.807) is 0 Å². The largest absolute Gasteiger partial charge is 0.490 e. The van der Waals surface area contributed by atoms with Crippen LogP contribution in [0.3, 0.4) is 0 Å². The second-order valence-electron chi connectivity index (χ2n) is 11.6. The van der Waals surface area contributed by atoms with E-state index in [0.29, 0.717) is 6.42 Å². The minimum atomic E-state index is -1.16. The number of carboxylic acid groups (broad SMARTS) is 1. The van der Waals surface area contributed by atoms with Crippen LogP contribution in [0.5, 0.6) is 5.75 Å². The van der Waals surface area contributed by atoms with E-state index in [2.05, 4.69) is 21.3 Å². The average molecular weight is 611 g/mol. The van der Waals surface area contributed by atoms with Gasteiger partial charge in [0.1, 0.15) is 24.4 Å². The maximum atomic E-state index is 13.5. The molecule has 2 aromatic carbocycles. The van der Waals surface area contributed by atoms with Crippen molar-refractivity contribution in [2.24, 2.45) is 5.92 Å². The lowest BCUT2D eigenvalue weighted by atomic mass is 10.00. The molecule has 0 unspecified atom stereocenters. The summed E-state index contributed by atoms with van der Waals surface area (Å²) in [5, 5.41) is 20.8. The van der Waals surface area contributed by atoms with Crippen molar-refractivity contribution in [1.29, 1.82) is 0 Å². The summed E-state index contributed by atoms with van der Waals surface area (Å²) in [5.74, 6) is -1.16. The SMILES string of the molecule is CNC(=O)[C@H](Cc1ccc(OC2CCCC2)cc1)NC(=O)[C@H](CC(C)C)N[C@H](CCNC(=O)OCc1ccccc1)C(=O)O. The van der Waals surface area contributed by atoms with Crippen molar-refractivity contribution in [2.45, 2.75) is 89.6 Å². The number of nitrogens with one attached hydrogen (secondary N) is 4. The Bertz CT molecular complexity index is 1200. The number of amides is 3. The smallest absolute Gasteiger partial charge is 0.407 e. The van der Waals surface area contributed by atoms with Gasteiger partial charge in [-0.3, -0.25) is 19.7 Å². The molecule has 1 saturated carbocycles. The van der Waals surface area contributed by atoms with E-state index in [1.165, 1.54) is 19.9 Å². The van der Waals surface area contributed by atoms with Crippen LogP contribution >= 0.6 is 0 Å². The molecule has 1 aliphatic carbocycles. The minimum absolute atomic E-state index is 0.0196. The zero-order valence-corrected chi connectivity index (χ0v) is 25.8. The molecule has 2 aromatic rings. The summed E-state index contributed by atoms with van der Waals surface area (Å²) in [6.07, 6.45) is 4.65. The normalized spacial score (nSPS) is 15.2. The molecule has 3 amide bonds. The number of carboxylic acids is 1. The van der Waals surface area contributed by atoms with Crippen molar-refractivity contribution < 1.29 is 33.8 Å². The third kappa shape index (κ3) is 11.9. The highest BCUT2D eigenvalue weighted by molar-refractivity contribution is 5.90. The molecule has 3 rings (SSSR count). The molecule has 1 fully saturated rings. The molecule has 0 bridgehead atoms. The lowest BCUT2D eigenvalue weighted by molar-refractivity contribution is -0.140. The van der Waals surface area contributed by atoms with E-state index in [-0.39, 0.29) is 43.9 Å². The number of hydrogen-bond acceptors (Lipinski definition) is 7. The third-order valence-corrected chi connectivity index (χ3v) is 7.49. The molecule has 0 radical (unpaired) electrons. The number of carbonyl (C=O) groups is 4. The zero-order chi connectivity index (χ0) is 31.9. The van der Waals surface area contributed by atoms with Gasteiger partial charge < -0.3 is 30.5 Å². The van der Waals surface area contributed by atoms with Crippen LogP contribution in [-0.4, -0.2) is 66.8 Å². The van der Waals surface area contributed by atoms with Gasteiger partial charge >= 0.3 is 12.1 Å². The van der Waals surface area contributed by atoms with E-state index < -0.39 is 36.1 Å². The fourth-order valence-corrected chi connectivity index (χ4v) is 5.13. The van der Waals surface area contributed by atoms with E-state index in [4.69, 9.17) is 9.47 Å². The van der Waals surface area contributed by atoms with Crippen LogP contribution in [0.15, 0.2) is 54.6 Å². The summed E-state index contributed by atoms with van der Waals surface area (Å²) in [4.78, 5) is 50.4. The average Bonchev–Trinajstić information content (AvgIpc) is 3.52. The van der Waals surface area contributed by atoms with Crippen molar-refractivity contribution in [1.82, 2.24) is 21.3 Å². The molecule has 0 saturated heterocycles. The van der Waals surface area contributed by atoms with Crippen LogP contribution in [0, 0.1) is 5.92 Å². The van der Waals surface area contributed by atoms with Gasteiger partial charge in [-0.1, -0.05) is 56.3 Å². The Balaban J connectivity index is 1.57. The molecule has 5 N–H and O–H groups in total. The molecule has 240 valence electrons. The summed E-state index contributed by atoms with van der Waals surface area (Å²) >= 11 is 0. The second kappa shape index (κ2) is 17.9. The maximum absolute atomic E-state index is 13.5. The van der Waals surface area contributed by atoms with Gasteiger partial charge in [0.05, 0.1) is 12.1 Å². The van der Waals surface area contributed by atoms with E-state index >= 15 is 0 Å². The molecule has 0 spiro atoms.